The number of ether oxygens (including phenoxy) is 1. The van der Waals surface area contributed by atoms with Gasteiger partial charge in [0.1, 0.15) is 17.7 Å². The van der Waals surface area contributed by atoms with Gasteiger partial charge < -0.3 is 19.5 Å². The summed E-state index contributed by atoms with van der Waals surface area (Å²) in [5, 5.41) is 26.5. The molecule has 1 aliphatic heterocycles. The number of rotatable bonds is 2. The average Bonchev–Trinajstić information content (AvgIpc) is 2.98. The van der Waals surface area contributed by atoms with Crippen LogP contribution in [-0.2, 0) is 11.8 Å². The first-order chi connectivity index (χ1) is 9.54. The molecule has 3 rings (SSSR count). The monoisotopic (exact) mass is 283 g/mol. The van der Waals surface area contributed by atoms with Crippen LogP contribution in [0, 0.1) is 5.41 Å². The molecule has 0 radical (unpaired) electrons. The molecule has 1 saturated heterocycles. The van der Waals surface area contributed by atoms with Crippen molar-refractivity contribution >= 4 is 11.2 Å². The van der Waals surface area contributed by atoms with Crippen LogP contribution in [0.2, 0.25) is 0 Å². The molecule has 0 spiro atoms. The van der Waals surface area contributed by atoms with E-state index in [1.54, 1.807) is 7.05 Å². The number of halogens is 1. The Labute approximate surface area is 112 Å². The molecule has 3 N–H and O–H groups in total. The number of aliphatic hydroxyl groups excluding tert-OH is 2. The van der Waals surface area contributed by atoms with Crippen LogP contribution in [-0.4, -0.2) is 54.3 Å². The number of aromatic nitrogens is 4. The van der Waals surface area contributed by atoms with Gasteiger partial charge in [0.2, 0.25) is 0 Å². The third kappa shape index (κ3) is 1.74. The number of hydrogen-bond donors (Lipinski definition) is 3. The van der Waals surface area contributed by atoms with E-state index in [-0.39, 0.29) is 5.49 Å². The fourth-order valence-corrected chi connectivity index (χ4v) is 2.28. The summed E-state index contributed by atoms with van der Waals surface area (Å²) in [4.78, 5) is 8.14. The van der Waals surface area contributed by atoms with Crippen molar-refractivity contribution in [1.82, 2.24) is 19.1 Å². The summed E-state index contributed by atoms with van der Waals surface area (Å²) in [6, 6.07) is 0. The first-order valence-corrected chi connectivity index (χ1v) is 6.05. The van der Waals surface area contributed by atoms with Crippen LogP contribution in [0.25, 0.3) is 11.2 Å². The molecule has 0 saturated carbocycles. The van der Waals surface area contributed by atoms with Gasteiger partial charge >= 0.3 is 0 Å². The third-order valence-electron chi connectivity index (χ3n) is 3.45. The summed E-state index contributed by atoms with van der Waals surface area (Å²) < 4.78 is 22.2. The summed E-state index contributed by atoms with van der Waals surface area (Å²) in [5.41, 5.74) is 0.751. The summed E-state index contributed by atoms with van der Waals surface area (Å²) in [6.45, 7) is -0.475. The van der Waals surface area contributed by atoms with Crippen LogP contribution in [0.5, 0.6) is 0 Å². The molecule has 0 aliphatic carbocycles. The smallest absolute Gasteiger partial charge is 0.173 e. The van der Waals surface area contributed by atoms with Gasteiger partial charge in [-0.3, -0.25) is 9.98 Å². The summed E-state index contributed by atoms with van der Waals surface area (Å²) in [5.74, 6) is 0. The van der Waals surface area contributed by atoms with E-state index in [2.05, 4.69) is 9.97 Å². The van der Waals surface area contributed by atoms with Crippen molar-refractivity contribution in [3.8, 4) is 0 Å². The van der Waals surface area contributed by atoms with Gasteiger partial charge in [-0.1, -0.05) is 0 Å². The van der Waals surface area contributed by atoms with Gasteiger partial charge in [0, 0.05) is 7.05 Å². The second-order valence-corrected chi connectivity index (χ2v) is 4.71. The quantitative estimate of drug-likeness (QED) is 0.644. The maximum absolute atomic E-state index is 14.1. The lowest BCUT2D eigenvalue weighted by molar-refractivity contribution is -0.0459. The first-order valence-electron chi connectivity index (χ1n) is 6.05. The Kier molecular flexibility index (Phi) is 3.04. The van der Waals surface area contributed by atoms with E-state index in [1.165, 1.54) is 21.8 Å². The highest BCUT2D eigenvalue weighted by Crippen LogP contribution is 2.32. The van der Waals surface area contributed by atoms with Gasteiger partial charge in [0.15, 0.2) is 23.5 Å². The second-order valence-electron chi connectivity index (χ2n) is 4.71. The number of nitrogens with one attached hydrogen (secondary N) is 1. The predicted octanol–water partition coefficient (Wildman–Crippen LogP) is -1.16. The van der Waals surface area contributed by atoms with E-state index >= 15 is 0 Å². The van der Waals surface area contributed by atoms with Gasteiger partial charge in [-0.15, -0.1) is 0 Å². The van der Waals surface area contributed by atoms with E-state index in [9.17, 15) is 9.50 Å². The molecule has 0 bridgehead atoms. The van der Waals surface area contributed by atoms with Crippen LogP contribution in [0.1, 0.15) is 6.23 Å². The Morgan fingerprint density at radius 1 is 1.45 bits per heavy atom. The topological polar surface area (TPSA) is 109 Å². The Morgan fingerprint density at radius 3 is 2.85 bits per heavy atom. The van der Waals surface area contributed by atoms with Crippen molar-refractivity contribution < 1.29 is 19.3 Å². The first kappa shape index (κ1) is 13.2. The van der Waals surface area contributed by atoms with E-state index in [4.69, 9.17) is 15.3 Å². The molecule has 8 nitrogen and oxygen atoms in total. The number of aryl methyl sites for hydroxylation is 1. The SMILES string of the molecule is Cn1cnc2c(ncn2[C@@H]2O[C@H](CO)[C@H](O)C2F)c1=N. The fraction of sp³-hybridized carbons (Fsp3) is 0.545. The molecule has 4 atom stereocenters. The molecule has 1 unspecified atom stereocenters. The fourth-order valence-electron chi connectivity index (χ4n) is 2.28. The molecule has 108 valence electrons. The van der Waals surface area contributed by atoms with Crippen molar-refractivity contribution in [1.29, 1.82) is 5.41 Å². The molecule has 20 heavy (non-hydrogen) atoms. The van der Waals surface area contributed by atoms with E-state index in [1.807, 2.05) is 0 Å². The molecular formula is C11H14FN5O3. The van der Waals surface area contributed by atoms with Crippen molar-refractivity contribution in [2.75, 3.05) is 6.61 Å². The highest BCUT2D eigenvalue weighted by molar-refractivity contribution is 5.68. The molecule has 1 aliphatic rings. The van der Waals surface area contributed by atoms with Gasteiger partial charge in [0.25, 0.3) is 0 Å². The molecule has 0 amide bonds. The Hall–Kier alpha value is -1.84. The molecule has 2 aromatic rings. The molecular weight excluding hydrogens is 269 g/mol. The van der Waals surface area contributed by atoms with Gasteiger partial charge in [-0.05, 0) is 0 Å². The number of nitrogens with zero attached hydrogens (tertiary/aromatic N) is 4. The second kappa shape index (κ2) is 4.62. The number of imidazole rings is 1. The Bertz CT molecular complexity index is 699. The van der Waals surface area contributed by atoms with Crippen LogP contribution in [0.3, 0.4) is 0 Å². The van der Waals surface area contributed by atoms with Crippen molar-refractivity contribution in [2.45, 2.75) is 24.6 Å². The highest BCUT2D eigenvalue weighted by atomic mass is 19.1. The van der Waals surface area contributed by atoms with Gasteiger partial charge in [0.05, 0.1) is 19.3 Å². The Morgan fingerprint density at radius 2 is 2.20 bits per heavy atom. The lowest BCUT2D eigenvalue weighted by atomic mass is 10.1. The van der Waals surface area contributed by atoms with Crippen LogP contribution in [0.15, 0.2) is 12.7 Å². The Balaban J connectivity index is 2.08. The third-order valence-corrected chi connectivity index (χ3v) is 3.45. The summed E-state index contributed by atoms with van der Waals surface area (Å²) in [7, 11) is 1.66. The summed E-state index contributed by atoms with van der Waals surface area (Å²) in [6.07, 6.45) is -2.47. The lowest BCUT2D eigenvalue weighted by Crippen LogP contribution is -2.30. The van der Waals surface area contributed by atoms with Gasteiger partial charge in [-0.25, -0.2) is 14.4 Å². The van der Waals surface area contributed by atoms with Crippen LogP contribution < -0.4 is 5.49 Å². The lowest BCUT2D eigenvalue weighted by Gasteiger charge is -2.15. The van der Waals surface area contributed by atoms with Gasteiger partial charge in [-0.2, -0.15) is 0 Å². The van der Waals surface area contributed by atoms with Crippen LogP contribution in [0.4, 0.5) is 4.39 Å². The standard InChI is InChI=1S/C11H14FN5O3/c1-16-3-15-10-7(9(16)13)14-4-17(10)11-6(12)8(19)5(2-18)20-11/h3-6,8,11,13,18-19H,2H2,1H3/t5-,6?,8+,11-/m1/s1. The minimum atomic E-state index is -1.70. The molecule has 2 aromatic heterocycles. The maximum Gasteiger partial charge on any atom is 0.173 e. The minimum absolute atomic E-state index is 0.140. The zero-order valence-corrected chi connectivity index (χ0v) is 10.6. The maximum atomic E-state index is 14.1. The number of fused-ring (bicyclic) bond motifs is 1. The average molecular weight is 283 g/mol. The highest BCUT2D eigenvalue weighted by Gasteiger charge is 2.45. The molecule has 0 aromatic carbocycles. The number of hydrogen-bond acceptors (Lipinski definition) is 6. The minimum Gasteiger partial charge on any atom is -0.394 e. The van der Waals surface area contributed by atoms with E-state index < -0.39 is 31.2 Å². The predicted molar refractivity (Wildman–Crippen MR) is 64.3 cm³/mol. The zero-order chi connectivity index (χ0) is 14.4. The van der Waals surface area contributed by atoms with Crippen molar-refractivity contribution in [3.63, 3.8) is 0 Å². The largest absolute Gasteiger partial charge is 0.394 e. The van der Waals surface area contributed by atoms with E-state index in [0.29, 0.717) is 11.2 Å². The molecule has 9 heteroatoms. The number of alkyl halides is 1. The number of aliphatic hydroxyl groups is 2. The normalized spacial score (nSPS) is 30.2. The zero-order valence-electron chi connectivity index (χ0n) is 10.6. The van der Waals surface area contributed by atoms with Crippen molar-refractivity contribution in [3.05, 3.63) is 18.1 Å². The van der Waals surface area contributed by atoms with E-state index in [0.717, 1.165) is 0 Å². The molecule has 1 fully saturated rings. The van der Waals surface area contributed by atoms with Crippen molar-refractivity contribution in [2.24, 2.45) is 7.05 Å². The summed E-state index contributed by atoms with van der Waals surface area (Å²) >= 11 is 0. The molecule has 3 heterocycles. The van der Waals surface area contributed by atoms with Crippen LogP contribution >= 0.6 is 0 Å².